The fourth-order valence-electron chi connectivity index (χ4n) is 2.70. The predicted molar refractivity (Wildman–Crippen MR) is 95.3 cm³/mol. The van der Waals surface area contributed by atoms with Crippen LogP contribution in [0.15, 0.2) is 49.2 Å². The minimum Gasteiger partial charge on any atom is -0.382 e. The fraction of sp³-hybridized carbons (Fsp3) is 0.200. The second-order valence-electron chi connectivity index (χ2n) is 6.18. The lowest BCUT2D eigenvalue weighted by atomic mass is 9.82. The second-order valence-corrected chi connectivity index (χ2v) is 6.18. The lowest BCUT2D eigenvalue weighted by Gasteiger charge is -2.32. The molecule has 1 aromatic carbocycles. The molecule has 2 atom stereocenters. The Morgan fingerprint density at radius 3 is 2.71 bits per heavy atom. The highest BCUT2D eigenvalue weighted by atomic mass is 19.1. The quantitative estimate of drug-likeness (QED) is 0.704. The van der Waals surface area contributed by atoms with Crippen LogP contribution in [0.2, 0.25) is 0 Å². The van der Waals surface area contributed by atoms with E-state index in [4.69, 9.17) is 5.26 Å². The van der Waals surface area contributed by atoms with Gasteiger partial charge in [-0.2, -0.15) is 10.4 Å². The first kappa shape index (κ1) is 19.2. The summed E-state index contributed by atoms with van der Waals surface area (Å²) in [5.74, 6) is 3.36. The molecule has 2 heterocycles. The highest BCUT2D eigenvalue weighted by Crippen LogP contribution is 2.33. The fourth-order valence-corrected chi connectivity index (χ4v) is 2.70. The van der Waals surface area contributed by atoms with Crippen molar-refractivity contribution >= 4 is 0 Å². The number of hydrogen-bond acceptors (Lipinski definition) is 5. The molecule has 3 aromatic rings. The highest BCUT2D eigenvalue weighted by Gasteiger charge is 2.38. The van der Waals surface area contributed by atoms with E-state index in [2.05, 4.69) is 26.9 Å². The molecule has 0 saturated carbocycles. The third kappa shape index (κ3) is 4.03. The molecule has 8 heteroatoms. The molecule has 0 unspecified atom stereocenters. The number of aliphatic hydroxyl groups is 1. The van der Waals surface area contributed by atoms with Gasteiger partial charge in [0.1, 0.15) is 41.7 Å². The first-order chi connectivity index (χ1) is 13.4. The number of aromatic nitrogens is 4. The van der Waals surface area contributed by atoms with E-state index in [0.717, 1.165) is 6.07 Å². The smallest absolute Gasteiger partial charge is 0.140 e. The monoisotopic (exact) mass is 379 g/mol. The standard InChI is InChI=1S/C20H15F2N5O/c1-14(2-3-15-4-6-17(9-23)25-10-15)20(28,11-27-13-24-12-26-27)18-7-5-16(21)8-19(18)22/h4-8,10,12-14,28H,11H2,1H3/t14-,20+/m0/s1. The summed E-state index contributed by atoms with van der Waals surface area (Å²) < 4.78 is 29.1. The average molecular weight is 379 g/mol. The largest absolute Gasteiger partial charge is 0.382 e. The Morgan fingerprint density at radius 2 is 2.11 bits per heavy atom. The molecule has 0 radical (unpaired) electrons. The Labute approximate surface area is 160 Å². The molecular weight excluding hydrogens is 364 g/mol. The van der Waals surface area contributed by atoms with E-state index in [1.54, 1.807) is 13.0 Å². The van der Waals surface area contributed by atoms with Gasteiger partial charge < -0.3 is 5.11 Å². The summed E-state index contributed by atoms with van der Waals surface area (Å²) in [6.45, 7) is 1.50. The molecule has 0 bridgehead atoms. The van der Waals surface area contributed by atoms with E-state index in [9.17, 15) is 13.9 Å². The van der Waals surface area contributed by atoms with Crippen LogP contribution < -0.4 is 0 Å². The van der Waals surface area contributed by atoms with Gasteiger partial charge in [-0.05, 0) is 25.1 Å². The van der Waals surface area contributed by atoms with Crippen LogP contribution in [0.3, 0.4) is 0 Å². The normalized spacial score (nSPS) is 13.7. The minimum absolute atomic E-state index is 0.0934. The van der Waals surface area contributed by atoms with Gasteiger partial charge >= 0.3 is 0 Å². The molecule has 0 spiro atoms. The third-order valence-electron chi connectivity index (χ3n) is 4.29. The summed E-state index contributed by atoms with van der Waals surface area (Å²) in [5, 5.41) is 24.1. The van der Waals surface area contributed by atoms with Crippen molar-refractivity contribution in [2.24, 2.45) is 5.92 Å². The number of rotatable bonds is 4. The molecule has 0 saturated heterocycles. The molecule has 3 rings (SSSR count). The first-order valence-electron chi connectivity index (χ1n) is 8.30. The zero-order valence-corrected chi connectivity index (χ0v) is 14.8. The van der Waals surface area contributed by atoms with Gasteiger partial charge in [0, 0.05) is 23.4 Å². The van der Waals surface area contributed by atoms with Crippen LogP contribution in [0.4, 0.5) is 8.78 Å². The first-order valence-corrected chi connectivity index (χ1v) is 8.30. The van der Waals surface area contributed by atoms with Crippen LogP contribution in [-0.4, -0.2) is 24.9 Å². The molecule has 6 nitrogen and oxygen atoms in total. The van der Waals surface area contributed by atoms with Gasteiger partial charge in [-0.3, -0.25) is 0 Å². The summed E-state index contributed by atoms with van der Waals surface area (Å²) in [7, 11) is 0. The molecule has 2 aromatic heterocycles. The molecule has 140 valence electrons. The van der Waals surface area contributed by atoms with E-state index >= 15 is 0 Å². The van der Waals surface area contributed by atoms with Crippen LogP contribution in [0.1, 0.15) is 23.7 Å². The predicted octanol–water partition coefficient (Wildman–Crippen LogP) is 2.40. The maximum atomic E-state index is 14.4. The Kier molecular flexibility index (Phi) is 5.44. The summed E-state index contributed by atoms with van der Waals surface area (Å²) >= 11 is 0. The van der Waals surface area contributed by atoms with Gasteiger partial charge in [0.25, 0.3) is 0 Å². The van der Waals surface area contributed by atoms with Crippen molar-refractivity contribution in [2.75, 3.05) is 0 Å². The molecular formula is C20H15F2N5O. The molecule has 0 amide bonds. The van der Waals surface area contributed by atoms with E-state index in [-0.39, 0.29) is 17.8 Å². The van der Waals surface area contributed by atoms with Crippen LogP contribution >= 0.6 is 0 Å². The van der Waals surface area contributed by atoms with Gasteiger partial charge in [0.15, 0.2) is 0 Å². The number of halogens is 2. The van der Waals surface area contributed by atoms with Gasteiger partial charge in [-0.15, -0.1) is 0 Å². The number of nitrogens with zero attached hydrogens (tertiary/aromatic N) is 5. The molecule has 28 heavy (non-hydrogen) atoms. The number of hydrogen-bond donors (Lipinski definition) is 1. The van der Waals surface area contributed by atoms with Crippen LogP contribution in [0, 0.1) is 40.7 Å². The Morgan fingerprint density at radius 1 is 1.29 bits per heavy atom. The van der Waals surface area contributed by atoms with Crippen LogP contribution in [-0.2, 0) is 12.1 Å². The molecule has 1 N–H and O–H groups in total. The van der Waals surface area contributed by atoms with Crippen molar-refractivity contribution in [1.29, 1.82) is 5.26 Å². The summed E-state index contributed by atoms with van der Waals surface area (Å²) in [6, 6.07) is 8.05. The highest BCUT2D eigenvalue weighted by molar-refractivity contribution is 5.37. The number of nitriles is 1. The van der Waals surface area contributed by atoms with E-state index in [1.807, 2.05) is 6.07 Å². The van der Waals surface area contributed by atoms with E-state index < -0.39 is 23.2 Å². The SMILES string of the molecule is C[C@@H](C#Cc1ccc(C#N)nc1)[C@](O)(Cn1cncn1)c1ccc(F)cc1F. The third-order valence-corrected chi connectivity index (χ3v) is 4.29. The van der Waals surface area contributed by atoms with Gasteiger partial charge in [-0.1, -0.05) is 17.9 Å². The van der Waals surface area contributed by atoms with Gasteiger partial charge in [0.05, 0.1) is 12.5 Å². The Balaban J connectivity index is 1.98. The summed E-state index contributed by atoms with van der Waals surface area (Å²) in [6.07, 6.45) is 4.12. The van der Waals surface area contributed by atoms with Crippen molar-refractivity contribution in [3.63, 3.8) is 0 Å². The number of benzene rings is 1. The molecule has 0 aliphatic heterocycles. The second kappa shape index (κ2) is 7.95. The maximum absolute atomic E-state index is 14.4. The van der Waals surface area contributed by atoms with Gasteiger partial charge in [0.2, 0.25) is 0 Å². The Bertz CT molecular complexity index is 1060. The average Bonchev–Trinajstić information content (AvgIpc) is 3.19. The summed E-state index contributed by atoms with van der Waals surface area (Å²) in [4.78, 5) is 7.75. The van der Waals surface area contributed by atoms with Crippen molar-refractivity contribution < 1.29 is 13.9 Å². The number of pyridine rings is 1. The van der Waals surface area contributed by atoms with Crippen molar-refractivity contribution in [2.45, 2.75) is 19.1 Å². The zero-order valence-electron chi connectivity index (χ0n) is 14.8. The van der Waals surface area contributed by atoms with E-state index in [1.165, 1.54) is 35.7 Å². The molecule has 0 aliphatic carbocycles. The van der Waals surface area contributed by atoms with E-state index in [0.29, 0.717) is 11.6 Å². The topological polar surface area (TPSA) is 87.6 Å². The van der Waals surface area contributed by atoms with Crippen molar-refractivity contribution in [3.05, 3.63) is 77.6 Å². The minimum atomic E-state index is -1.79. The van der Waals surface area contributed by atoms with Crippen molar-refractivity contribution in [1.82, 2.24) is 19.7 Å². The molecule has 0 aliphatic rings. The molecule has 0 fully saturated rings. The lowest BCUT2D eigenvalue weighted by Crippen LogP contribution is -2.38. The van der Waals surface area contributed by atoms with Crippen molar-refractivity contribution in [3.8, 4) is 17.9 Å². The van der Waals surface area contributed by atoms with Crippen LogP contribution in [0.25, 0.3) is 0 Å². The maximum Gasteiger partial charge on any atom is 0.140 e. The zero-order chi connectivity index (χ0) is 20.1. The van der Waals surface area contributed by atoms with Gasteiger partial charge in [-0.25, -0.2) is 23.4 Å². The summed E-state index contributed by atoms with van der Waals surface area (Å²) in [5.41, 5.74) is -1.09. The van der Waals surface area contributed by atoms with Crippen LogP contribution in [0.5, 0.6) is 0 Å². The Hall–Kier alpha value is -3.62. The lowest BCUT2D eigenvalue weighted by molar-refractivity contribution is -0.0191.